The van der Waals surface area contributed by atoms with E-state index in [-0.39, 0.29) is 5.54 Å². The predicted molar refractivity (Wildman–Crippen MR) is 69.8 cm³/mol. The van der Waals surface area contributed by atoms with Crippen molar-refractivity contribution >= 4 is 11.1 Å². The van der Waals surface area contributed by atoms with Gasteiger partial charge in [-0.3, -0.25) is 0 Å². The lowest BCUT2D eigenvalue weighted by atomic mass is 9.91. The number of fused-ring (bicyclic) bond motifs is 1. The average Bonchev–Trinajstić information content (AvgIpc) is 2.83. The van der Waals surface area contributed by atoms with Crippen molar-refractivity contribution in [1.29, 1.82) is 0 Å². The molecule has 1 unspecified atom stereocenters. The molecular formula is C14H18N2O2. The average molecular weight is 246 g/mol. The Labute approximate surface area is 106 Å². The van der Waals surface area contributed by atoms with Gasteiger partial charge in [0.2, 0.25) is 5.89 Å². The molecule has 1 N–H and O–H groups in total. The fraction of sp³-hybridized carbons (Fsp3) is 0.500. The fourth-order valence-electron chi connectivity index (χ4n) is 2.51. The van der Waals surface area contributed by atoms with Crippen molar-refractivity contribution in [2.75, 3.05) is 13.7 Å². The van der Waals surface area contributed by atoms with Crippen molar-refractivity contribution in [2.24, 2.45) is 0 Å². The van der Waals surface area contributed by atoms with Gasteiger partial charge in [-0.25, -0.2) is 4.98 Å². The number of methoxy groups -OCH3 is 1. The monoisotopic (exact) mass is 246 g/mol. The number of hydrogen-bond donors (Lipinski definition) is 1. The van der Waals surface area contributed by atoms with E-state index in [1.54, 1.807) is 7.11 Å². The van der Waals surface area contributed by atoms with Crippen molar-refractivity contribution in [2.45, 2.75) is 31.7 Å². The highest BCUT2D eigenvalue weighted by Gasteiger charge is 2.33. The molecule has 1 saturated heterocycles. The summed E-state index contributed by atoms with van der Waals surface area (Å²) in [6.07, 6.45) is 3.51. The second kappa shape index (κ2) is 4.28. The van der Waals surface area contributed by atoms with Gasteiger partial charge in [-0.1, -0.05) is 0 Å². The minimum absolute atomic E-state index is 0.134. The van der Waals surface area contributed by atoms with E-state index >= 15 is 0 Å². The Morgan fingerprint density at radius 3 is 3.00 bits per heavy atom. The molecule has 0 saturated carbocycles. The van der Waals surface area contributed by atoms with Crippen LogP contribution < -0.4 is 10.1 Å². The molecule has 2 heterocycles. The Hall–Kier alpha value is -1.55. The lowest BCUT2D eigenvalue weighted by molar-refractivity contribution is 0.232. The van der Waals surface area contributed by atoms with E-state index in [4.69, 9.17) is 9.15 Å². The quantitative estimate of drug-likeness (QED) is 0.885. The number of rotatable bonds is 2. The largest absolute Gasteiger partial charge is 0.497 e. The summed E-state index contributed by atoms with van der Waals surface area (Å²) in [5, 5.41) is 3.51. The molecule has 0 aliphatic carbocycles. The fourth-order valence-corrected chi connectivity index (χ4v) is 2.51. The first kappa shape index (κ1) is 11.5. The van der Waals surface area contributed by atoms with Gasteiger partial charge in [0.1, 0.15) is 11.3 Å². The molecule has 3 rings (SSSR count). The van der Waals surface area contributed by atoms with Crippen LogP contribution in [0.15, 0.2) is 22.6 Å². The molecule has 4 heteroatoms. The minimum atomic E-state index is -0.134. The molecule has 1 aromatic heterocycles. The molecule has 18 heavy (non-hydrogen) atoms. The van der Waals surface area contributed by atoms with Gasteiger partial charge in [-0.15, -0.1) is 0 Å². The number of aromatic nitrogens is 1. The Kier molecular flexibility index (Phi) is 2.74. The lowest BCUT2D eigenvalue weighted by Gasteiger charge is -2.31. The molecule has 1 atom stereocenters. The van der Waals surface area contributed by atoms with Crippen molar-refractivity contribution < 1.29 is 9.15 Å². The van der Waals surface area contributed by atoms with Gasteiger partial charge in [-0.05, 0) is 44.9 Å². The first-order chi connectivity index (χ1) is 8.71. The van der Waals surface area contributed by atoms with Crippen molar-refractivity contribution in [3.63, 3.8) is 0 Å². The summed E-state index contributed by atoms with van der Waals surface area (Å²) in [5.41, 5.74) is 1.54. The molecule has 1 aliphatic heterocycles. The second-order valence-electron chi connectivity index (χ2n) is 5.07. The van der Waals surface area contributed by atoms with Crippen molar-refractivity contribution in [1.82, 2.24) is 10.3 Å². The highest BCUT2D eigenvalue weighted by atomic mass is 16.5. The molecule has 96 valence electrons. The number of benzene rings is 1. The first-order valence-corrected chi connectivity index (χ1v) is 6.41. The van der Waals surface area contributed by atoms with Crippen LogP contribution in [0.5, 0.6) is 5.75 Å². The minimum Gasteiger partial charge on any atom is -0.497 e. The summed E-state index contributed by atoms with van der Waals surface area (Å²) in [7, 11) is 1.66. The van der Waals surface area contributed by atoms with Crippen LogP contribution in [0, 0.1) is 0 Å². The van der Waals surface area contributed by atoms with Gasteiger partial charge >= 0.3 is 0 Å². The maximum atomic E-state index is 5.88. The molecular weight excluding hydrogens is 228 g/mol. The summed E-state index contributed by atoms with van der Waals surface area (Å²) in [6, 6.07) is 5.72. The van der Waals surface area contributed by atoms with E-state index in [1.807, 2.05) is 18.2 Å². The van der Waals surface area contributed by atoms with Crippen LogP contribution in [0.3, 0.4) is 0 Å². The molecule has 1 aliphatic rings. The van der Waals surface area contributed by atoms with Crippen LogP contribution in [0.25, 0.3) is 11.1 Å². The number of nitrogens with one attached hydrogen (secondary N) is 1. The van der Waals surface area contributed by atoms with Crippen LogP contribution in [0.2, 0.25) is 0 Å². The topological polar surface area (TPSA) is 47.3 Å². The molecule has 4 nitrogen and oxygen atoms in total. The summed E-state index contributed by atoms with van der Waals surface area (Å²) in [5.74, 6) is 1.59. The highest BCUT2D eigenvalue weighted by Crippen LogP contribution is 2.32. The van der Waals surface area contributed by atoms with Crippen LogP contribution in [0.1, 0.15) is 32.1 Å². The van der Waals surface area contributed by atoms with Crippen LogP contribution in [0.4, 0.5) is 0 Å². The van der Waals surface area contributed by atoms with Gasteiger partial charge < -0.3 is 14.5 Å². The van der Waals surface area contributed by atoms with Crippen LogP contribution in [-0.2, 0) is 5.54 Å². The highest BCUT2D eigenvalue weighted by molar-refractivity contribution is 5.74. The molecule has 1 aromatic carbocycles. The number of piperidine rings is 1. The van der Waals surface area contributed by atoms with E-state index in [9.17, 15) is 0 Å². The lowest BCUT2D eigenvalue weighted by Crippen LogP contribution is -2.43. The number of hydrogen-bond acceptors (Lipinski definition) is 4. The van der Waals surface area contributed by atoms with E-state index in [0.29, 0.717) is 0 Å². The predicted octanol–water partition coefficient (Wildman–Crippen LogP) is 2.83. The molecule has 0 radical (unpaired) electrons. The third kappa shape index (κ3) is 1.86. The van der Waals surface area contributed by atoms with Crippen LogP contribution in [-0.4, -0.2) is 18.6 Å². The van der Waals surface area contributed by atoms with Gasteiger partial charge in [0.25, 0.3) is 0 Å². The molecule has 0 spiro atoms. The Bertz CT molecular complexity index is 556. The molecule has 2 aromatic rings. The first-order valence-electron chi connectivity index (χ1n) is 6.41. The van der Waals surface area contributed by atoms with Crippen molar-refractivity contribution in [3.05, 3.63) is 24.1 Å². The molecule has 1 fully saturated rings. The third-order valence-electron chi connectivity index (χ3n) is 3.69. The maximum absolute atomic E-state index is 5.88. The summed E-state index contributed by atoms with van der Waals surface area (Å²) in [4.78, 5) is 4.61. The maximum Gasteiger partial charge on any atom is 0.215 e. The Morgan fingerprint density at radius 2 is 2.28 bits per heavy atom. The Balaban J connectivity index is 2.02. The number of ether oxygens (including phenoxy) is 1. The molecule has 0 bridgehead atoms. The summed E-state index contributed by atoms with van der Waals surface area (Å²) >= 11 is 0. The zero-order valence-corrected chi connectivity index (χ0v) is 10.8. The smallest absolute Gasteiger partial charge is 0.215 e. The zero-order chi connectivity index (χ0) is 12.6. The van der Waals surface area contributed by atoms with Gasteiger partial charge in [0.05, 0.1) is 12.6 Å². The van der Waals surface area contributed by atoms with Gasteiger partial charge in [-0.2, -0.15) is 0 Å². The summed E-state index contributed by atoms with van der Waals surface area (Å²) < 4.78 is 11.1. The van der Waals surface area contributed by atoms with E-state index in [2.05, 4.69) is 17.2 Å². The third-order valence-corrected chi connectivity index (χ3v) is 3.69. The van der Waals surface area contributed by atoms with E-state index < -0.39 is 0 Å². The number of oxazole rings is 1. The van der Waals surface area contributed by atoms with E-state index in [1.165, 1.54) is 12.8 Å². The standard InChI is InChI=1S/C14H18N2O2/c1-14(7-3-4-8-15-14)13-16-11-9-10(17-2)5-6-12(11)18-13/h5-6,9,15H,3-4,7-8H2,1-2H3. The summed E-state index contributed by atoms with van der Waals surface area (Å²) in [6.45, 7) is 3.19. The number of nitrogens with zero attached hydrogens (tertiary/aromatic N) is 1. The van der Waals surface area contributed by atoms with Crippen LogP contribution >= 0.6 is 0 Å². The van der Waals surface area contributed by atoms with Crippen molar-refractivity contribution in [3.8, 4) is 5.75 Å². The SMILES string of the molecule is COc1ccc2oc(C3(C)CCCCN3)nc2c1. The van der Waals surface area contributed by atoms with Gasteiger partial charge in [0, 0.05) is 6.07 Å². The van der Waals surface area contributed by atoms with Gasteiger partial charge in [0.15, 0.2) is 5.58 Å². The molecule has 0 amide bonds. The zero-order valence-electron chi connectivity index (χ0n) is 10.8. The van der Waals surface area contributed by atoms with E-state index in [0.717, 1.165) is 35.7 Å². The normalized spacial score (nSPS) is 24.3. The Morgan fingerprint density at radius 1 is 1.39 bits per heavy atom. The second-order valence-corrected chi connectivity index (χ2v) is 5.07.